The van der Waals surface area contributed by atoms with Crippen LogP contribution >= 0.6 is 55.1 Å². The number of rotatable bonds is 8. The van der Waals surface area contributed by atoms with Gasteiger partial charge in [-0.05, 0) is 70.5 Å². The monoisotopic (exact) mass is 759 g/mol. The highest BCUT2D eigenvalue weighted by molar-refractivity contribution is 9.11. The molecule has 1 heterocycles. The number of nitrogens with zero attached hydrogens (tertiary/aromatic N) is 3. The molecular formula is C31H21Br2Cl2N3O6. The zero-order valence-corrected chi connectivity index (χ0v) is 27.9. The Labute approximate surface area is 278 Å². The Morgan fingerprint density at radius 2 is 1.61 bits per heavy atom. The van der Waals surface area contributed by atoms with Gasteiger partial charge in [-0.1, -0.05) is 51.3 Å². The number of fused-ring (bicyclic) bond motifs is 1. The molecule has 0 saturated carbocycles. The molecule has 0 aliphatic rings. The fourth-order valence-corrected chi connectivity index (χ4v) is 6.16. The maximum Gasteiger partial charge on any atom is 0.345 e. The molecule has 0 aliphatic carbocycles. The van der Waals surface area contributed by atoms with E-state index < -0.39 is 11.5 Å². The summed E-state index contributed by atoms with van der Waals surface area (Å²) in [6.45, 7) is 0. The van der Waals surface area contributed by atoms with Gasteiger partial charge in [0, 0.05) is 20.6 Å². The summed E-state index contributed by atoms with van der Waals surface area (Å²) in [4.78, 5) is 31.7. The molecule has 0 unspecified atom stereocenters. The van der Waals surface area contributed by atoms with Crippen LogP contribution in [0.1, 0.15) is 15.9 Å². The first kappa shape index (κ1) is 31.5. The molecule has 0 fully saturated rings. The van der Waals surface area contributed by atoms with E-state index in [0.29, 0.717) is 53.2 Å². The van der Waals surface area contributed by atoms with Crippen molar-refractivity contribution in [3.63, 3.8) is 0 Å². The number of carbonyl (C=O) groups is 1. The summed E-state index contributed by atoms with van der Waals surface area (Å²) in [6, 6.07) is 18.1. The van der Waals surface area contributed by atoms with Gasteiger partial charge in [0.15, 0.2) is 23.1 Å². The predicted molar refractivity (Wildman–Crippen MR) is 177 cm³/mol. The molecule has 224 valence electrons. The smallest absolute Gasteiger partial charge is 0.345 e. The second-order valence-electron chi connectivity index (χ2n) is 9.05. The van der Waals surface area contributed by atoms with Gasteiger partial charge in [-0.2, -0.15) is 9.78 Å². The third kappa shape index (κ3) is 6.32. The summed E-state index contributed by atoms with van der Waals surface area (Å²) in [5.41, 5.74) is 0.983. The molecule has 44 heavy (non-hydrogen) atoms. The minimum absolute atomic E-state index is 0.119. The first-order valence-electron chi connectivity index (χ1n) is 12.7. The highest BCUT2D eigenvalue weighted by Gasteiger charge is 2.21. The van der Waals surface area contributed by atoms with Crippen LogP contribution in [0.15, 0.2) is 85.6 Å². The molecule has 0 saturated heterocycles. The Morgan fingerprint density at radius 1 is 0.909 bits per heavy atom. The van der Waals surface area contributed by atoms with Gasteiger partial charge in [0.2, 0.25) is 5.75 Å². The van der Waals surface area contributed by atoms with Crippen molar-refractivity contribution in [1.29, 1.82) is 0 Å². The van der Waals surface area contributed by atoms with Crippen molar-refractivity contribution in [2.24, 2.45) is 5.10 Å². The minimum atomic E-state index is -0.716. The molecule has 13 heteroatoms. The largest absolute Gasteiger partial charge is 0.493 e. The number of para-hydroxylation sites is 1. The molecule has 0 aliphatic heterocycles. The van der Waals surface area contributed by atoms with E-state index in [2.05, 4.69) is 37.0 Å². The van der Waals surface area contributed by atoms with Crippen molar-refractivity contribution >= 4 is 78.1 Å². The van der Waals surface area contributed by atoms with Crippen LogP contribution < -0.4 is 24.5 Å². The van der Waals surface area contributed by atoms with E-state index in [9.17, 15) is 9.59 Å². The van der Waals surface area contributed by atoms with E-state index in [4.69, 9.17) is 47.1 Å². The molecule has 0 atom stereocenters. The van der Waals surface area contributed by atoms with Crippen molar-refractivity contribution in [1.82, 2.24) is 9.66 Å². The second kappa shape index (κ2) is 13.4. The number of aromatic nitrogens is 2. The van der Waals surface area contributed by atoms with Crippen LogP contribution in [0.25, 0.3) is 22.3 Å². The number of hydrogen-bond acceptors (Lipinski definition) is 8. The fourth-order valence-electron chi connectivity index (χ4n) is 4.33. The average molecular weight is 762 g/mol. The van der Waals surface area contributed by atoms with Crippen molar-refractivity contribution in [2.45, 2.75) is 0 Å². The Morgan fingerprint density at radius 3 is 2.27 bits per heavy atom. The molecule has 5 rings (SSSR count). The SMILES string of the molecule is COc1cc(-c2nc3ccccc3c(=O)n2N=Cc2cc(Br)cc(Br)c2OC(=O)c2ccc(Cl)cc2Cl)cc(OC)c1OC. The first-order valence-corrected chi connectivity index (χ1v) is 15.0. The van der Waals surface area contributed by atoms with E-state index in [1.165, 1.54) is 45.7 Å². The highest BCUT2D eigenvalue weighted by Crippen LogP contribution is 2.41. The Bertz CT molecular complexity index is 1990. The van der Waals surface area contributed by atoms with Gasteiger partial charge in [-0.15, -0.1) is 0 Å². The molecular weight excluding hydrogens is 741 g/mol. The second-order valence-corrected chi connectivity index (χ2v) is 11.7. The molecule has 9 nitrogen and oxygen atoms in total. The number of methoxy groups -OCH3 is 3. The van der Waals surface area contributed by atoms with Gasteiger partial charge < -0.3 is 18.9 Å². The van der Waals surface area contributed by atoms with Crippen molar-refractivity contribution < 1.29 is 23.7 Å². The molecule has 0 N–H and O–H groups in total. The van der Waals surface area contributed by atoms with Gasteiger partial charge >= 0.3 is 5.97 Å². The van der Waals surface area contributed by atoms with Gasteiger partial charge in [0.05, 0.1) is 53.5 Å². The number of ether oxygens (including phenoxy) is 4. The van der Waals surface area contributed by atoms with Crippen LogP contribution in [0.2, 0.25) is 10.0 Å². The summed E-state index contributed by atoms with van der Waals surface area (Å²) in [7, 11) is 4.48. The molecule has 1 aromatic heterocycles. The topological polar surface area (TPSA) is 101 Å². The van der Waals surface area contributed by atoms with Gasteiger partial charge in [0.25, 0.3) is 5.56 Å². The van der Waals surface area contributed by atoms with Crippen LogP contribution in [-0.4, -0.2) is 43.2 Å². The number of halogens is 4. The molecule has 4 aromatic carbocycles. The molecule has 0 radical (unpaired) electrons. The quantitative estimate of drug-likeness (QED) is 0.0897. The van der Waals surface area contributed by atoms with Crippen LogP contribution in [0, 0.1) is 0 Å². The maximum atomic E-state index is 13.8. The van der Waals surface area contributed by atoms with Crippen LogP contribution in [0.3, 0.4) is 0 Å². The summed E-state index contributed by atoms with van der Waals surface area (Å²) in [5.74, 6) is 0.737. The van der Waals surface area contributed by atoms with E-state index in [-0.39, 0.29) is 22.2 Å². The van der Waals surface area contributed by atoms with Crippen LogP contribution in [-0.2, 0) is 0 Å². The van der Waals surface area contributed by atoms with Crippen LogP contribution in [0.5, 0.6) is 23.0 Å². The first-order chi connectivity index (χ1) is 21.1. The van der Waals surface area contributed by atoms with Gasteiger partial charge in [-0.25, -0.2) is 9.78 Å². The van der Waals surface area contributed by atoms with E-state index in [1.807, 2.05) is 0 Å². The lowest BCUT2D eigenvalue weighted by Crippen LogP contribution is -2.20. The van der Waals surface area contributed by atoms with Gasteiger partial charge in [-0.3, -0.25) is 4.79 Å². The van der Waals surface area contributed by atoms with E-state index >= 15 is 0 Å². The van der Waals surface area contributed by atoms with Crippen molar-refractivity contribution in [3.05, 3.63) is 107 Å². The Kier molecular flexibility index (Phi) is 9.59. The molecule has 0 amide bonds. The zero-order valence-electron chi connectivity index (χ0n) is 23.2. The average Bonchev–Trinajstić information content (AvgIpc) is 3.01. The van der Waals surface area contributed by atoms with Gasteiger partial charge in [0.1, 0.15) is 0 Å². The van der Waals surface area contributed by atoms with E-state index in [1.54, 1.807) is 48.5 Å². The summed E-state index contributed by atoms with van der Waals surface area (Å²) < 4.78 is 24.5. The van der Waals surface area contributed by atoms with Crippen LogP contribution in [0.4, 0.5) is 0 Å². The number of hydrogen-bond donors (Lipinski definition) is 0. The van der Waals surface area contributed by atoms with Crippen molar-refractivity contribution in [2.75, 3.05) is 21.3 Å². The maximum absolute atomic E-state index is 13.8. The summed E-state index contributed by atoms with van der Waals surface area (Å²) in [5, 5.41) is 5.39. The lowest BCUT2D eigenvalue weighted by atomic mass is 10.1. The fraction of sp³-hybridized carbons (Fsp3) is 0.0968. The number of esters is 1. The zero-order chi connectivity index (χ0) is 31.5. The third-order valence-electron chi connectivity index (χ3n) is 6.37. The molecule has 5 aromatic rings. The Hall–Kier alpha value is -3.90. The normalized spacial score (nSPS) is 11.2. The van der Waals surface area contributed by atoms with E-state index in [0.717, 1.165) is 4.68 Å². The summed E-state index contributed by atoms with van der Waals surface area (Å²) >= 11 is 19.1. The highest BCUT2D eigenvalue weighted by atomic mass is 79.9. The standard InChI is InChI=1S/C31H21Br2Cl2N3O6/c1-41-25-11-16(12-26(42-2)28(25)43-3)29-37-24-7-5-4-6-21(24)30(39)38(29)36-15-17-10-18(32)13-22(33)27(17)44-31(40)20-9-8-19(34)14-23(20)35/h4-15H,1-3H3. The molecule has 0 bridgehead atoms. The third-order valence-corrected chi connectivity index (χ3v) is 7.97. The lowest BCUT2D eigenvalue weighted by Gasteiger charge is -2.15. The summed E-state index contributed by atoms with van der Waals surface area (Å²) in [6.07, 6.45) is 1.39. The lowest BCUT2D eigenvalue weighted by molar-refractivity contribution is 0.0733. The van der Waals surface area contributed by atoms with Crippen molar-refractivity contribution in [3.8, 4) is 34.4 Å². The minimum Gasteiger partial charge on any atom is -0.493 e. The Balaban J connectivity index is 1.67. The number of carbonyl (C=O) groups excluding carboxylic acids is 1. The predicted octanol–water partition coefficient (Wildman–Crippen LogP) is 8.02. The number of benzene rings is 4. The molecule has 0 spiro atoms.